The molecule has 1 nitrogen and oxygen atoms in total. The molecule has 1 aliphatic heterocycles. The average Bonchev–Trinajstić information content (AvgIpc) is 3.53. The smallest absolute Gasteiger partial charge is 0.0465 e. The van der Waals surface area contributed by atoms with Gasteiger partial charge in [0.25, 0.3) is 0 Å². The van der Waals surface area contributed by atoms with Gasteiger partial charge in [-0.1, -0.05) is 128 Å². The van der Waals surface area contributed by atoms with E-state index in [9.17, 15) is 0 Å². The van der Waals surface area contributed by atoms with Crippen molar-refractivity contribution in [2.45, 2.75) is 4.90 Å². The number of thioether (sulfide) groups is 1. The number of aromatic nitrogens is 1. The molecule has 8 aromatic rings. The summed E-state index contributed by atoms with van der Waals surface area (Å²) in [4.78, 5) is 4.87. The molecular weight excluding hydrogens is 587 g/mol. The molecule has 0 aliphatic carbocycles. The Bertz CT molecular complexity index is 2590. The Kier molecular flexibility index (Phi) is 6.69. The van der Waals surface area contributed by atoms with Crippen molar-refractivity contribution >= 4 is 66.3 Å². The number of fused-ring (bicyclic) bond motifs is 6. The number of para-hydroxylation sites is 1. The van der Waals surface area contributed by atoms with E-state index in [1.165, 1.54) is 76.2 Å². The second-order valence-corrected chi connectivity index (χ2v) is 13.3. The van der Waals surface area contributed by atoms with Crippen molar-refractivity contribution in [1.82, 2.24) is 4.98 Å². The fraction of sp³-hybridized carbons (Fsp3) is 0.0222. The highest BCUT2D eigenvalue weighted by Crippen LogP contribution is 2.44. The first kappa shape index (κ1) is 27.7. The zero-order valence-electron chi connectivity index (χ0n) is 25.8. The fourth-order valence-corrected chi connectivity index (χ4v) is 8.19. The van der Waals surface area contributed by atoms with Gasteiger partial charge in [-0.2, -0.15) is 0 Å². The Morgan fingerprint density at radius 1 is 0.511 bits per heavy atom. The van der Waals surface area contributed by atoms with Gasteiger partial charge in [0, 0.05) is 32.5 Å². The van der Waals surface area contributed by atoms with Gasteiger partial charge >= 0.3 is 0 Å². The number of H-pyrrole nitrogens is 1. The molecule has 1 aromatic heterocycles. The maximum absolute atomic E-state index is 4.74. The van der Waals surface area contributed by atoms with Gasteiger partial charge in [-0.25, -0.2) is 0 Å². The van der Waals surface area contributed by atoms with Crippen LogP contribution >= 0.6 is 11.8 Å². The summed E-state index contributed by atoms with van der Waals surface area (Å²) in [6, 6.07) is 50.7. The number of allylic oxidation sites excluding steroid dienone is 4. The Balaban J connectivity index is 1.29. The first-order valence-electron chi connectivity index (χ1n) is 16.1. The van der Waals surface area contributed by atoms with Crippen LogP contribution in [0.2, 0.25) is 0 Å². The molecule has 0 atom stereocenters. The zero-order chi connectivity index (χ0) is 31.3. The Labute approximate surface area is 278 Å². The van der Waals surface area contributed by atoms with Crippen LogP contribution in [0.1, 0.15) is 11.1 Å². The van der Waals surface area contributed by atoms with E-state index in [2.05, 4.69) is 163 Å². The standard InChI is InChI=1S/C45H31NS/c1-29-25-32(37-19-8-13-30-11-2-4-16-35(30)37)15-10-24-47-45-40(29)27-34(38-20-9-14-31-12-3-5-17-36(31)38)28-41(45)33-22-23-44-42(26-33)39-18-6-7-21-43(39)46-44/h2-23,25-28,46H,1,24H2/b15-10-,32-25+. The highest BCUT2D eigenvalue weighted by Gasteiger charge is 2.19. The van der Waals surface area contributed by atoms with Gasteiger partial charge in [0.05, 0.1) is 0 Å². The normalized spacial score (nSPS) is 15.2. The van der Waals surface area contributed by atoms with E-state index in [0.717, 1.165) is 22.4 Å². The lowest BCUT2D eigenvalue weighted by molar-refractivity contribution is 1.40. The summed E-state index contributed by atoms with van der Waals surface area (Å²) in [6.45, 7) is 4.74. The van der Waals surface area contributed by atoms with E-state index < -0.39 is 0 Å². The number of benzene rings is 7. The topological polar surface area (TPSA) is 15.8 Å². The fourth-order valence-electron chi connectivity index (χ4n) is 7.15. The number of nitrogens with one attached hydrogen (secondary N) is 1. The van der Waals surface area contributed by atoms with Crippen LogP contribution in [0.15, 0.2) is 169 Å². The highest BCUT2D eigenvalue weighted by molar-refractivity contribution is 7.99. The lowest BCUT2D eigenvalue weighted by Gasteiger charge is -2.19. The third-order valence-corrected chi connectivity index (χ3v) is 10.5. The van der Waals surface area contributed by atoms with E-state index in [4.69, 9.17) is 6.58 Å². The molecule has 47 heavy (non-hydrogen) atoms. The summed E-state index contributed by atoms with van der Waals surface area (Å²) in [5.41, 5.74) is 11.8. The van der Waals surface area contributed by atoms with Gasteiger partial charge in [-0.05, 0) is 102 Å². The molecule has 1 aliphatic rings. The minimum atomic E-state index is 0.859. The van der Waals surface area contributed by atoms with Crippen molar-refractivity contribution in [3.63, 3.8) is 0 Å². The molecule has 0 fully saturated rings. The van der Waals surface area contributed by atoms with E-state index in [1.54, 1.807) is 0 Å². The Morgan fingerprint density at radius 3 is 1.96 bits per heavy atom. The quantitative estimate of drug-likeness (QED) is 0.209. The van der Waals surface area contributed by atoms with Gasteiger partial charge in [-0.15, -0.1) is 11.8 Å². The van der Waals surface area contributed by atoms with Crippen molar-refractivity contribution < 1.29 is 0 Å². The number of hydrogen-bond acceptors (Lipinski definition) is 1. The highest BCUT2D eigenvalue weighted by atomic mass is 32.2. The van der Waals surface area contributed by atoms with Crippen molar-refractivity contribution in [1.29, 1.82) is 0 Å². The van der Waals surface area contributed by atoms with Crippen LogP contribution in [0.25, 0.3) is 76.8 Å². The summed E-state index contributed by atoms with van der Waals surface area (Å²) in [7, 11) is 0. The largest absolute Gasteiger partial charge is 0.355 e. The van der Waals surface area contributed by atoms with Gasteiger partial charge in [0.2, 0.25) is 0 Å². The number of rotatable bonds is 3. The SMILES string of the molecule is C=C1/C=C(c2cccc3ccccc23)\C=C/CSc2c1cc(-c1cccc3ccccc13)cc2-c1ccc2[nH]c3ccccc3c2c1. The molecule has 0 saturated carbocycles. The second kappa shape index (κ2) is 11.3. The van der Waals surface area contributed by atoms with Crippen LogP contribution in [-0.2, 0) is 0 Å². The molecule has 0 radical (unpaired) electrons. The number of aromatic amines is 1. The third-order valence-electron chi connectivity index (χ3n) is 9.40. The zero-order valence-corrected chi connectivity index (χ0v) is 26.7. The molecule has 0 unspecified atom stereocenters. The van der Waals surface area contributed by atoms with Gasteiger partial charge in [-0.3, -0.25) is 0 Å². The predicted octanol–water partition coefficient (Wildman–Crippen LogP) is 12.7. The molecular formula is C45H31NS. The van der Waals surface area contributed by atoms with Crippen molar-refractivity contribution in [2.75, 3.05) is 5.75 Å². The summed E-state index contributed by atoms with van der Waals surface area (Å²) in [5.74, 6) is 0.859. The average molecular weight is 618 g/mol. The Hall–Kier alpha value is -5.57. The van der Waals surface area contributed by atoms with Crippen molar-refractivity contribution in [2.24, 2.45) is 0 Å². The summed E-state index contributed by atoms with van der Waals surface area (Å²) in [6.07, 6.45) is 6.85. The van der Waals surface area contributed by atoms with Crippen LogP contribution in [0.5, 0.6) is 0 Å². The monoisotopic (exact) mass is 617 g/mol. The minimum absolute atomic E-state index is 0.859. The van der Waals surface area contributed by atoms with Crippen LogP contribution in [-0.4, -0.2) is 10.7 Å². The van der Waals surface area contributed by atoms with Crippen LogP contribution < -0.4 is 0 Å². The number of hydrogen-bond donors (Lipinski definition) is 1. The summed E-state index contributed by atoms with van der Waals surface area (Å²) < 4.78 is 0. The minimum Gasteiger partial charge on any atom is -0.355 e. The molecule has 1 N–H and O–H groups in total. The molecule has 9 rings (SSSR count). The molecule has 2 heterocycles. The molecule has 0 bridgehead atoms. The molecule has 222 valence electrons. The van der Waals surface area contributed by atoms with E-state index in [1.807, 2.05) is 11.8 Å². The van der Waals surface area contributed by atoms with Crippen LogP contribution in [0.3, 0.4) is 0 Å². The summed E-state index contributed by atoms with van der Waals surface area (Å²) in [5, 5.41) is 7.48. The van der Waals surface area contributed by atoms with Crippen molar-refractivity contribution in [3.8, 4) is 22.3 Å². The van der Waals surface area contributed by atoms with Gasteiger partial charge in [0.1, 0.15) is 0 Å². The van der Waals surface area contributed by atoms with Crippen LogP contribution in [0.4, 0.5) is 0 Å². The first-order valence-corrected chi connectivity index (χ1v) is 17.1. The predicted molar refractivity (Wildman–Crippen MR) is 205 cm³/mol. The van der Waals surface area contributed by atoms with Crippen molar-refractivity contribution in [3.05, 3.63) is 175 Å². The maximum Gasteiger partial charge on any atom is 0.0465 e. The van der Waals surface area contributed by atoms with Gasteiger partial charge < -0.3 is 4.98 Å². The van der Waals surface area contributed by atoms with Gasteiger partial charge in [0.15, 0.2) is 0 Å². The first-order chi connectivity index (χ1) is 23.2. The lowest BCUT2D eigenvalue weighted by atomic mass is 9.89. The van der Waals surface area contributed by atoms with E-state index in [-0.39, 0.29) is 0 Å². The molecule has 2 heteroatoms. The van der Waals surface area contributed by atoms with Crippen LogP contribution in [0, 0.1) is 0 Å². The maximum atomic E-state index is 4.74. The third kappa shape index (κ3) is 4.81. The summed E-state index contributed by atoms with van der Waals surface area (Å²) >= 11 is 1.89. The second-order valence-electron chi connectivity index (χ2n) is 12.2. The Morgan fingerprint density at radius 2 is 1.15 bits per heavy atom. The molecule has 7 aromatic carbocycles. The molecule has 0 spiro atoms. The lowest BCUT2D eigenvalue weighted by Crippen LogP contribution is -1.94. The van der Waals surface area contributed by atoms with E-state index in [0.29, 0.717) is 0 Å². The van der Waals surface area contributed by atoms with E-state index >= 15 is 0 Å². The molecule has 0 saturated heterocycles. The molecule has 0 amide bonds.